The minimum Gasteiger partial charge on any atom is -0.304 e. The molecule has 0 saturated carbocycles. The van der Waals surface area contributed by atoms with Gasteiger partial charge in [-0.05, 0) is 24.5 Å². The summed E-state index contributed by atoms with van der Waals surface area (Å²) in [5.74, 6) is 0. The van der Waals surface area contributed by atoms with Crippen molar-refractivity contribution in [2.24, 2.45) is 0 Å². The summed E-state index contributed by atoms with van der Waals surface area (Å²) in [6.07, 6.45) is 0.994. The summed E-state index contributed by atoms with van der Waals surface area (Å²) in [7, 11) is 0. The molecule has 1 aromatic rings. The third kappa shape index (κ3) is 3.27. The van der Waals surface area contributed by atoms with Crippen LogP contribution >= 0.6 is 0 Å². The number of hydrogen-bond donors (Lipinski definition) is 1. The van der Waals surface area contributed by atoms with Gasteiger partial charge in [0.15, 0.2) is 0 Å². The molecule has 0 unspecified atom stereocenters. The van der Waals surface area contributed by atoms with Crippen molar-refractivity contribution in [1.29, 1.82) is 5.26 Å². The molecule has 0 aliphatic carbocycles. The Bertz CT molecular complexity index is 299. The molecular formula is C11H14N2. The summed E-state index contributed by atoms with van der Waals surface area (Å²) < 4.78 is 0. The summed E-state index contributed by atoms with van der Waals surface area (Å²) >= 11 is 0. The smallest absolute Gasteiger partial charge is 0.0841 e. The zero-order valence-corrected chi connectivity index (χ0v) is 7.88. The van der Waals surface area contributed by atoms with Gasteiger partial charge in [-0.2, -0.15) is 5.26 Å². The number of rotatable bonds is 4. The topological polar surface area (TPSA) is 35.8 Å². The van der Waals surface area contributed by atoms with Crippen molar-refractivity contribution >= 4 is 0 Å². The van der Waals surface area contributed by atoms with Crippen LogP contribution in [0.1, 0.15) is 11.1 Å². The van der Waals surface area contributed by atoms with Crippen LogP contribution in [0.15, 0.2) is 24.3 Å². The third-order valence-electron chi connectivity index (χ3n) is 2.04. The maximum atomic E-state index is 8.31. The Labute approximate surface area is 79.2 Å². The van der Waals surface area contributed by atoms with Crippen molar-refractivity contribution in [1.82, 2.24) is 5.32 Å². The minimum atomic E-state index is 0.436. The third-order valence-corrected chi connectivity index (χ3v) is 2.04. The minimum absolute atomic E-state index is 0.436. The second-order valence-corrected chi connectivity index (χ2v) is 3.01. The highest BCUT2D eigenvalue weighted by molar-refractivity contribution is 5.25. The summed E-state index contributed by atoms with van der Waals surface area (Å²) in [5, 5.41) is 11.4. The fraction of sp³-hybridized carbons (Fsp3) is 0.364. The van der Waals surface area contributed by atoms with Crippen molar-refractivity contribution in [3.05, 3.63) is 35.4 Å². The standard InChI is InChI=1S/C11H14N2/c1-10-4-2-3-5-11(10)6-8-13-9-7-12/h2-5,13H,6,8-9H2,1H3. The molecule has 0 amide bonds. The van der Waals surface area contributed by atoms with E-state index in [0.29, 0.717) is 6.54 Å². The predicted molar refractivity (Wildman–Crippen MR) is 53.4 cm³/mol. The van der Waals surface area contributed by atoms with Crippen molar-refractivity contribution in [3.8, 4) is 6.07 Å². The monoisotopic (exact) mass is 174 g/mol. The van der Waals surface area contributed by atoms with Crippen LogP contribution in [-0.4, -0.2) is 13.1 Å². The van der Waals surface area contributed by atoms with Crippen molar-refractivity contribution < 1.29 is 0 Å². The van der Waals surface area contributed by atoms with Gasteiger partial charge in [-0.25, -0.2) is 0 Å². The van der Waals surface area contributed by atoms with E-state index in [2.05, 4.69) is 30.4 Å². The van der Waals surface area contributed by atoms with Gasteiger partial charge in [0.2, 0.25) is 0 Å². The number of nitriles is 1. The molecule has 1 N–H and O–H groups in total. The molecule has 2 nitrogen and oxygen atoms in total. The molecule has 1 rings (SSSR count). The molecule has 0 atom stereocenters. The van der Waals surface area contributed by atoms with E-state index in [9.17, 15) is 0 Å². The zero-order chi connectivity index (χ0) is 9.52. The van der Waals surface area contributed by atoms with Gasteiger partial charge in [-0.15, -0.1) is 0 Å². The molecule has 0 aliphatic heterocycles. The van der Waals surface area contributed by atoms with Crippen LogP contribution in [0.5, 0.6) is 0 Å². The largest absolute Gasteiger partial charge is 0.304 e. The Morgan fingerprint density at radius 2 is 2.15 bits per heavy atom. The maximum Gasteiger partial charge on any atom is 0.0841 e. The van der Waals surface area contributed by atoms with Crippen LogP contribution in [0, 0.1) is 18.3 Å². The van der Waals surface area contributed by atoms with Crippen LogP contribution < -0.4 is 5.32 Å². The lowest BCUT2D eigenvalue weighted by atomic mass is 10.1. The molecule has 0 bridgehead atoms. The molecule has 13 heavy (non-hydrogen) atoms. The second kappa shape index (κ2) is 5.34. The predicted octanol–water partition coefficient (Wildman–Crippen LogP) is 1.65. The van der Waals surface area contributed by atoms with Gasteiger partial charge in [0.1, 0.15) is 0 Å². The Balaban J connectivity index is 2.37. The van der Waals surface area contributed by atoms with E-state index < -0.39 is 0 Å². The highest BCUT2D eigenvalue weighted by Crippen LogP contribution is 2.06. The SMILES string of the molecule is Cc1ccccc1CCNCC#N. The van der Waals surface area contributed by atoms with Crippen LogP contribution in [-0.2, 0) is 6.42 Å². The van der Waals surface area contributed by atoms with Crippen molar-refractivity contribution in [3.63, 3.8) is 0 Å². The van der Waals surface area contributed by atoms with Gasteiger partial charge in [-0.3, -0.25) is 0 Å². The van der Waals surface area contributed by atoms with Gasteiger partial charge in [0.25, 0.3) is 0 Å². The van der Waals surface area contributed by atoms with Gasteiger partial charge in [-0.1, -0.05) is 24.3 Å². The van der Waals surface area contributed by atoms with Gasteiger partial charge >= 0.3 is 0 Å². The van der Waals surface area contributed by atoms with Crippen LogP contribution in [0.4, 0.5) is 0 Å². The quantitative estimate of drug-likeness (QED) is 0.556. The Morgan fingerprint density at radius 3 is 2.85 bits per heavy atom. The number of nitrogens with zero attached hydrogens (tertiary/aromatic N) is 1. The molecule has 2 heteroatoms. The average molecular weight is 174 g/mol. The van der Waals surface area contributed by atoms with E-state index >= 15 is 0 Å². The van der Waals surface area contributed by atoms with E-state index in [4.69, 9.17) is 5.26 Å². The zero-order valence-electron chi connectivity index (χ0n) is 7.88. The van der Waals surface area contributed by atoms with Crippen LogP contribution in [0.2, 0.25) is 0 Å². The molecule has 0 radical (unpaired) electrons. The molecular weight excluding hydrogens is 160 g/mol. The second-order valence-electron chi connectivity index (χ2n) is 3.01. The number of benzene rings is 1. The van der Waals surface area contributed by atoms with E-state index in [1.807, 2.05) is 12.1 Å². The Kier molecular flexibility index (Phi) is 4.01. The van der Waals surface area contributed by atoms with Crippen LogP contribution in [0.25, 0.3) is 0 Å². The fourth-order valence-corrected chi connectivity index (χ4v) is 1.26. The highest BCUT2D eigenvalue weighted by atomic mass is 14.8. The summed E-state index contributed by atoms with van der Waals surface area (Å²) in [6.45, 7) is 3.42. The Hall–Kier alpha value is -1.33. The van der Waals surface area contributed by atoms with Crippen molar-refractivity contribution in [2.75, 3.05) is 13.1 Å². The molecule has 0 spiro atoms. The first-order valence-electron chi connectivity index (χ1n) is 4.47. The lowest BCUT2D eigenvalue weighted by Crippen LogP contribution is -2.17. The van der Waals surface area contributed by atoms with E-state index in [-0.39, 0.29) is 0 Å². The van der Waals surface area contributed by atoms with E-state index in [1.54, 1.807) is 0 Å². The van der Waals surface area contributed by atoms with Crippen molar-refractivity contribution in [2.45, 2.75) is 13.3 Å². The maximum absolute atomic E-state index is 8.31. The number of nitrogens with one attached hydrogen (secondary N) is 1. The first kappa shape index (κ1) is 9.76. The lowest BCUT2D eigenvalue weighted by molar-refractivity contribution is 0.747. The molecule has 0 saturated heterocycles. The van der Waals surface area contributed by atoms with Gasteiger partial charge in [0, 0.05) is 6.54 Å². The van der Waals surface area contributed by atoms with Gasteiger partial charge < -0.3 is 5.32 Å². The molecule has 0 fully saturated rings. The van der Waals surface area contributed by atoms with Gasteiger partial charge in [0.05, 0.1) is 12.6 Å². The highest BCUT2D eigenvalue weighted by Gasteiger charge is 1.95. The summed E-state index contributed by atoms with van der Waals surface area (Å²) in [5.41, 5.74) is 2.68. The molecule has 0 aliphatic rings. The normalized spacial score (nSPS) is 9.54. The molecule has 1 aromatic carbocycles. The molecule has 0 aromatic heterocycles. The first-order chi connectivity index (χ1) is 6.34. The van der Waals surface area contributed by atoms with Crippen LogP contribution in [0.3, 0.4) is 0 Å². The first-order valence-corrected chi connectivity index (χ1v) is 4.47. The van der Waals surface area contributed by atoms with E-state index in [1.165, 1.54) is 11.1 Å². The molecule has 68 valence electrons. The summed E-state index contributed by atoms with van der Waals surface area (Å²) in [4.78, 5) is 0. The molecule has 0 heterocycles. The Morgan fingerprint density at radius 1 is 1.38 bits per heavy atom. The fourth-order valence-electron chi connectivity index (χ4n) is 1.26. The average Bonchev–Trinajstić information content (AvgIpc) is 2.15. The lowest BCUT2D eigenvalue weighted by Gasteiger charge is -2.04. The number of aryl methyl sites for hydroxylation is 1. The summed E-state index contributed by atoms with van der Waals surface area (Å²) in [6, 6.07) is 10.4. The number of hydrogen-bond acceptors (Lipinski definition) is 2. The van der Waals surface area contributed by atoms with E-state index in [0.717, 1.165) is 13.0 Å².